The van der Waals surface area contributed by atoms with Crippen molar-refractivity contribution in [3.8, 4) is 0 Å². The van der Waals surface area contributed by atoms with E-state index in [9.17, 15) is 8.42 Å². The molecule has 0 saturated carbocycles. The molecule has 1 saturated heterocycles. The van der Waals surface area contributed by atoms with Crippen molar-refractivity contribution in [3.63, 3.8) is 0 Å². The van der Waals surface area contributed by atoms with E-state index in [-0.39, 0.29) is 22.7 Å². The van der Waals surface area contributed by atoms with Gasteiger partial charge >= 0.3 is 0 Å². The van der Waals surface area contributed by atoms with Crippen molar-refractivity contribution in [3.05, 3.63) is 100 Å². The van der Waals surface area contributed by atoms with E-state index in [4.69, 9.17) is 38.8 Å². The third-order valence-electron chi connectivity index (χ3n) is 6.35. The second-order valence-electron chi connectivity index (χ2n) is 8.93. The standard InChI is InChI=1S/C27H26Cl2N6O3S/c28-21-8-6-20(7-9-21)25-24(19-4-2-1-3-5-19)18-35(32-25)27(31-26(30)34-14-16-38-17-15-34)33-39(36,37)23-12-10-22(29)11-13-23/h1-13,24H,14-18H2,(H2,30,31,33). The number of hydrogen-bond acceptors (Lipinski definition) is 4. The lowest BCUT2D eigenvalue weighted by Gasteiger charge is -2.28. The Morgan fingerprint density at radius 2 is 1.54 bits per heavy atom. The molecular weight excluding hydrogens is 559 g/mol. The van der Waals surface area contributed by atoms with Crippen LogP contribution < -0.4 is 5.73 Å². The SMILES string of the molecule is N/C(=N\C(=N\S(=O)(=O)c1ccc(Cl)cc1)N1CC(c2ccccc2)C(c2ccc(Cl)cc2)=N1)N1CCOCC1. The molecule has 0 spiro atoms. The first kappa shape index (κ1) is 27.1. The van der Waals surface area contributed by atoms with Crippen molar-refractivity contribution in [2.24, 2.45) is 20.2 Å². The molecule has 2 aliphatic rings. The normalized spacial score (nSPS) is 18.8. The van der Waals surface area contributed by atoms with Crippen molar-refractivity contribution in [2.75, 3.05) is 32.8 Å². The summed E-state index contributed by atoms with van der Waals surface area (Å²) in [5.41, 5.74) is 8.93. The Morgan fingerprint density at radius 3 is 2.18 bits per heavy atom. The fraction of sp³-hybridized carbons (Fsp3) is 0.222. The molecule has 3 aromatic carbocycles. The summed E-state index contributed by atoms with van der Waals surface area (Å²) in [5, 5.41) is 7.32. The lowest BCUT2D eigenvalue weighted by molar-refractivity contribution is 0.0675. The average molecular weight is 586 g/mol. The maximum atomic E-state index is 13.3. The van der Waals surface area contributed by atoms with Crippen LogP contribution in [0.5, 0.6) is 0 Å². The van der Waals surface area contributed by atoms with Gasteiger partial charge in [-0.05, 0) is 47.5 Å². The van der Waals surface area contributed by atoms with Crippen molar-refractivity contribution < 1.29 is 13.2 Å². The highest BCUT2D eigenvalue weighted by Gasteiger charge is 2.33. The highest BCUT2D eigenvalue weighted by Crippen LogP contribution is 2.30. The van der Waals surface area contributed by atoms with E-state index < -0.39 is 10.0 Å². The predicted molar refractivity (Wildman–Crippen MR) is 154 cm³/mol. The Hall–Kier alpha value is -3.44. The maximum absolute atomic E-state index is 13.3. The Labute approximate surface area is 237 Å². The summed E-state index contributed by atoms with van der Waals surface area (Å²) in [4.78, 5) is 6.29. The van der Waals surface area contributed by atoms with E-state index in [0.717, 1.165) is 16.8 Å². The van der Waals surface area contributed by atoms with Gasteiger partial charge < -0.3 is 15.4 Å². The summed E-state index contributed by atoms with van der Waals surface area (Å²) in [6, 6.07) is 23.0. The van der Waals surface area contributed by atoms with Gasteiger partial charge in [-0.25, -0.2) is 5.01 Å². The molecule has 1 fully saturated rings. The van der Waals surface area contributed by atoms with Gasteiger partial charge in [-0.2, -0.15) is 18.5 Å². The molecule has 2 aliphatic heterocycles. The van der Waals surface area contributed by atoms with E-state index >= 15 is 0 Å². The summed E-state index contributed by atoms with van der Waals surface area (Å²) in [6.07, 6.45) is 0. The molecule has 0 radical (unpaired) electrons. The summed E-state index contributed by atoms with van der Waals surface area (Å²) in [7, 11) is -4.16. The highest BCUT2D eigenvalue weighted by atomic mass is 35.5. The quantitative estimate of drug-likeness (QED) is 0.363. The summed E-state index contributed by atoms with van der Waals surface area (Å²) in [5.74, 6) is -0.191. The van der Waals surface area contributed by atoms with Crippen LogP contribution in [0.15, 0.2) is 98.2 Å². The van der Waals surface area contributed by atoms with Gasteiger partial charge in [0.15, 0.2) is 5.96 Å². The molecule has 12 heteroatoms. The number of ether oxygens (including phenoxy) is 1. The minimum absolute atomic E-state index is 0.0229. The van der Waals surface area contributed by atoms with Gasteiger partial charge in [0.25, 0.3) is 16.0 Å². The number of rotatable bonds is 4. The van der Waals surface area contributed by atoms with Gasteiger partial charge in [0, 0.05) is 29.1 Å². The minimum Gasteiger partial charge on any atom is -0.378 e. The number of nitrogens with zero attached hydrogens (tertiary/aromatic N) is 5. The van der Waals surface area contributed by atoms with Crippen LogP contribution in [0.4, 0.5) is 0 Å². The fourth-order valence-corrected chi connectivity index (χ4v) is 5.50. The third-order valence-corrected chi connectivity index (χ3v) is 8.13. The van der Waals surface area contributed by atoms with Crippen LogP contribution >= 0.6 is 23.2 Å². The molecule has 1 atom stereocenters. The van der Waals surface area contributed by atoms with Crippen molar-refractivity contribution >= 4 is 50.9 Å². The number of nitrogens with two attached hydrogens (primary N) is 1. The van der Waals surface area contributed by atoms with Crippen molar-refractivity contribution in [1.82, 2.24) is 9.91 Å². The zero-order valence-corrected chi connectivity index (χ0v) is 23.1. The summed E-state index contributed by atoms with van der Waals surface area (Å²) < 4.78 is 36.2. The molecule has 0 bridgehead atoms. The first-order valence-corrected chi connectivity index (χ1v) is 14.4. The lowest BCUT2D eigenvalue weighted by Crippen LogP contribution is -2.45. The van der Waals surface area contributed by atoms with E-state index in [1.165, 1.54) is 29.3 Å². The molecular formula is C27H26Cl2N6O3S. The zero-order chi connectivity index (χ0) is 27.4. The van der Waals surface area contributed by atoms with Gasteiger partial charge in [-0.15, -0.1) is 4.40 Å². The molecule has 9 nitrogen and oxygen atoms in total. The van der Waals surface area contributed by atoms with Crippen LogP contribution in [0.3, 0.4) is 0 Å². The number of hydrazone groups is 1. The lowest BCUT2D eigenvalue weighted by atomic mass is 9.91. The number of guanidine groups is 2. The van der Waals surface area contributed by atoms with Crippen molar-refractivity contribution in [1.29, 1.82) is 0 Å². The number of halogens is 2. The molecule has 2 N–H and O–H groups in total. The molecule has 202 valence electrons. The zero-order valence-electron chi connectivity index (χ0n) is 20.8. The Kier molecular flexibility index (Phi) is 8.18. The average Bonchev–Trinajstić information content (AvgIpc) is 3.40. The summed E-state index contributed by atoms with van der Waals surface area (Å²) in [6.45, 7) is 2.34. The van der Waals surface area contributed by atoms with Crippen LogP contribution in [0.2, 0.25) is 10.0 Å². The van der Waals surface area contributed by atoms with Crippen LogP contribution in [-0.2, 0) is 14.8 Å². The van der Waals surface area contributed by atoms with Crippen LogP contribution in [0.25, 0.3) is 0 Å². The largest absolute Gasteiger partial charge is 0.378 e. The smallest absolute Gasteiger partial charge is 0.285 e. The van der Waals surface area contributed by atoms with Crippen LogP contribution in [0, 0.1) is 0 Å². The Bertz CT molecular complexity index is 1510. The monoisotopic (exact) mass is 584 g/mol. The van der Waals surface area contributed by atoms with E-state index in [2.05, 4.69) is 9.39 Å². The Morgan fingerprint density at radius 1 is 0.923 bits per heavy atom. The molecule has 2 heterocycles. The second kappa shape index (κ2) is 11.7. The molecule has 5 rings (SSSR count). The second-order valence-corrected chi connectivity index (χ2v) is 11.4. The number of morpholine rings is 1. The van der Waals surface area contributed by atoms with Gasteiger partial charge in [0.1, 0.15) is 0 Å². The maximum Gasteiger partial charge on any atom is 0.285 e. The van der Waals surface area contributed by atoms with E-state index in [1.807, 2.05) is 47.4 Å². The first-order chi connectivity index (χ1) is 18.8. The van der Waals surface area contributed by atoms with E-state index in [1.54, 1.807) is 12.1 Å². The van der Waals surface area contributed by atoms with Crippen molar-refractivity contribution in [2.45, 2.75) is 10.8 Å². The highest BCUT2D eigenvalue weighted by molar-refractivity contribution is 7.90. The molecule has 3 aromatic rings. The molecule has 0 aliphatic carbocycles. The van der Waals surface area contributed by atoms with Gasteiger partial charge in [-0.3, -0.25) is 0 Å². The number of sulfonamides is 1. The summed E-state index contributed by atoms with van der Waals surface area (Å²) >= 11 is 12.1. The Balaban J connectivity index is 1.60. The van der Waals surface area contributed by atoms with E-state index in [0.29, 0.717) is 42.9 Å². The fourth-order valence-electron chi connectivity index (χ4n) is 4.31. The van der Waals surface area contributed by atoms with Crippen LogP contribution in [-0.4, -0.2) is 68.8 Å². The third kappa shape index (κ3) is 6.42. The molecule has 0 aromatic heterocycles. The molecule has 39 heavy (non-hydrogen) atoms. The predicted octanol–water partition coefficient (Wildman–Crippen LogP) is 4.19. The minimum atomic E-state index is -4.16. The van der Waals surface area contributed by atoms with Gasteiger partial charge in [-0.1, -0.05) is 65.7 Å². The number of hydrogen-bond donors (Lipinski definition) is 1. The first-order valence-electron chi connectivity index (χ1n) is 12.2. The topological polar surface area (TPSA) is 113 Å². The van der Waals surface area contributed by atoms with Gasteiger partial charge in [0.2, 0.25) is 0 Å². The molecule has 0 amide bonds. The van der Waals surface area contributed by atoms with Crippen LogP contribution in [0.1, 0.15) is 17.0 Å². The molecule has 1 unspecified atom stereocenters. The number of benzene rings is 3. The van der Waals surface area contributed by atoms with Gasteiger partial charge in [0.05, 0.1) is 30.4 Å². The number of aliphatic imine (C=N–C) groups is 1.